The molecule has 2 atom stereocenters. The zero-order valence-corrected chi connectivity index (χ0v) is 44.5. The second-order valence-electron chi connectivity index (χ2n) is 18.5. The fourth-order valence-corrected chi connectivity index (χ4v) is 7.48. The molecule has 0 saturated carbocycles. The van der Waals surface area contributed by atoms with Crippen LogP contribution < -0.4 is 0 Å². The average Bonchev–Trinajstić information content (AvgIpc) is 3.29. The van der Waals surface area contributed by atoms with Crippen LogP contribution in [0.4, 0.5) is 0 Å². The van der Waals surface area contributed by atoms with Gasteiger partial charge in [0.1, 0.15) is 19.3 Å². The molecule has 0 rings (SSSR count). The Morgan fingerprint density at radius 2 is 0.866 bits per heavy atom. The van der Waals surface area contributed by atoms with E-state index in [2.05, 4.69) is 123 Å². The van der Waals surface area contributed by atoms with E-state index in [0.717, 1.165) is 109 Å². The SMILES string of the molecule is CC/C=C\C/C=C\C/C=C\C/C=C\C/C=C\C/C=C\CCCCCCCOCC(COP(=O)(O)OCC[N+](C)(C)C)OC(=O)CCCCCCCC/C=C\C/C=C\C/C=C\CCCCCCC. The van der Waals surface area contributed by atoms with Crippen molar-refractivity contribution in [3.8, 4) is 0 Å². The molecule has 0 aromatic carbocycles. The molecule has 0 aliphatic rings. The van der Waals surface area contributed by atoms with Crippen molar-refractivity contribution in [2.24, 2.45) is 0 Å². The maximum Gasteiger partial charge on any atom is 0.472 e. The second kappa shape index (κ2) is 49.6. The third-order valence-electron chi connectivity index (χ3n) is 10.8. The van der Waals surface area contributed by atoms with Gasteiger partial charge < -0.3 is 18.9 Å². The van der Waals surface area contributed by atoms with E-state index in [1.807, 2.05) is 21.1 Å². The van der Waals surface area contributed by atoms with Crippen molar-refractivity contribution >= 4 is 13.8 Å². The number of quaternary nitrogens is 1. The highest BCUT2D eigenvalue weighted by Gasteiger charge is 2.26. The van der Waals surface area contributed by atoms with Gasteiger partial charge in [0.2, 0.25) is 0 Å². The summed E-state index contributed by atoms with van der Waals surface area (Å²) >= 11 is 0. The van der Waals surface area contributed by atoms with Crippen LogP contribution in [0.1, 0.15) is 194 Å². The Balaban J connectivity index is 4.25. The quantitative estimate of drug-likeness (QED) is 0.0214. The Morgan fingerprint density at radius 3 is 1.30 bits per heavy atom. The van der Waals surface area contributed by atoms with E-state index in [1.165, 1.54) is 64.2 Å². The van der Waals surface area contributed by atoms with Crippen molar-refractivity contribution < 1.29 is 37.3 Å². The number of carbonyl (C=O) groups is 1. The van der Waals surface area contributed by atoms with E-state index in [0.29, 0.717) is 24.1 Å². The van der Waals surface area contributed by atoms with E-state index in [4.69, 9.17) is 18.5 Å². The minimum atomic E-state index is -4.30. The van der Waals surface area contributed by atoms with Gasteiger partial charge in [-0.05, 0) is 103 Å². The maximum atomic E-state index is 12.8. The lowest BCUT2D eigenvalue weighted by Gasteiger charge is -2.24. The van der Waals surface area contributed by atoms with Gasteiger partial charge in [-0.3, -0.25) is 13.8 Å². The number of phosphoric ester groups is 1. The standard InChI is InChI=1S/C58H100NO7P/c1-6-8-10-12-14-16-18-20-22-24-26-28-29-30-32-34-36-38-40-42-44-46-48-50-53-63-55-57(56-65-67(61,62)64-54-52-59(3,4)5)66-58(60)51-49-47-45-43-41-39-37-35-33-31-27-25-23-21-19-17-15-13-11-9-7-2/h8,10,14,16,19-22,25-28,30,32-33,35-36,38,57H,6-7,9,11-13,15,17-18,23-24,29,31,34,37,39-56H2,1-5H3/p+1/b10-8-,16-14-,21-19-,22-20-,27-25-,28-26-,32-30-,35-33-,38-36-. The van der Waals surface area contributed by atoms with E-state index in [1.54, 1.807) is 0 Å². The molecule has 384 valence electrons. The first-order valence-corrected chi connectivity index (χ1v) is 28.1. The van der Waals surface area contributed by atoms with Crippen molar-refractivity contribution in [3.05, 3.63) is 109 Å². The van der Waals surface area contributed by atoms with E-state index >= 15 is 0 Å². The molecule has 67 heavy (non-hydrogen) atoms. The number of unbranched alkanes of at least 4 members (excludes halogenated alkanes) is 16. The Morgan fingerprint density at radius 1 is 0.478 bits per heavy atom. The smallest absolute Gasteiger partial charge is 0.457 e. The lowest BCUT2D eigenvalue weighted by molar-refractivity contribution is -0.870. The van der Waals surface area contributed by atoms with Crippen LogP contribution in [0.25, 0.3) is 0 Å². The van der Waals surface area contributed by atoms with Crippen molar-refractivity contribution in [2.75, 3.05) is 54.1 Å². The fraction of sp³-hybridized carbons (Fsp3) is 0.672. The average molecular weight is 955 g/mol. The molecule has 0 aromatic heterocycles. The van der Waals surface area contributed by atoms with Gasteiger partial charge in [-0.2, -0.15) is 0 Å². The van der Waals surface area contributed by atoms with Gasteiger partial charge in [-0.25, -0.2) is 4.57 Å². The number of ether oxygens (including phenoxy) is 2. The van der Waals surface area contributed by atoms with Crippen molar-refractivity contribution in [2.45, 2.75) is 200 Å². The molecule has 9 heteroatoms. The summed E-state index contributed by atoms with van der Waals surface area (Å²) in [7, 11) is 1.63. The maximum absolute atomic E-state index is 12.8. The molecule has 0 heterocycles. The predicted molar refractivity (Wildman–Crippen MR) is 288 cm³/mol. The summed E-state index contributed by atoms with van der Waals surface area (Å²) in [6.45, 7) is 5.41. The number of hydrogen-bond donors (Lipinski definition) is 1. The van der Waals surface area contributed by atoms with Gasteiger partial charge in [0, 0.05) is 13.0 Å². The molecule has 8 nitrogen and oxygen atoms in total. The molecular weight excluding hydrogens is 854 g/mol. The number of nitrogens with zero attached hydrogens (tertiary/aromatic N) is 1. The minimum absolute atomic E-state index is 0.0750. The fourth-order valence-electron chi connectivity index (χ4n) is 6.74. The Kier molecular flexibility index (Phi) is 47.5. The molecule has 0 fully saturated rings. The van der Waals surface area contributed by atoms with Crippen LogP contribution in [0.15, 0.2) is 109 Å². The van der Waals surface area contributed by atoms with Gasteiger partial charge in [0.05, 0.1) is 34.4 Å². The van der Waals surface area contributed by atoms with E-state index in [9.17, 15) is 14.3 Å². The summed E-state index contributed by atoms with van der Waals surface area (Å²) in [4.78, 5) is 23.0. The first-order chi connectivity index (χ1) is 32.6. The molecule has 0 amide bonds. The van der Waals surface area contributed by atoms with Crippen LogP contribution in [0, 0.1) is 0 Å². The van der Waals surface area contributed by atoms with Crippen molar-refractivity contribution in [1.82, 2.24) is 0 Å². The van der Waals surface area contributed by atoms with Gasteiger partial charge in [-0.1, -0.05) is 194 Å². The summed E-state index contributed by atoms with van der Waals surface area (Å²) in [6, 6.07) is 0. The van der Waals surface area contributed by atoms with Crippen LogP contribution >= 0.6 is 7.82 Å². The molecule has 0 saturated heterocycles. The molecule has 0 aromatic rings. The largest absolute Gasteiger partial charge is 0.472 e. The molecule has 0 spiro atoms. The second-order valence-corrected chi connectivity index (χ2v) is 20.0. The summed E-state index contributed by atoms with van der Waals surface area (Å²) in [6.07, 6.45) is 69.9. The number of phosphoric acid groups is 1. The third-order valence-corrected chi connectivity index (χ3v) is 11.8. The van der Waals surface area contributed by atoms with E-state index < -0.39 is 13.9 Å². The molecular formula is C58H101NO7P+. The van der Waals surface area contributed by atoms with Crippen LogP contribution in [-0.2, 0) is 27.9 Å². The van der Waals surface area contributed by atoms with Crippen LogP contribution in [-0.4, -0.2) is 75.6 Å². The highest BCUT2D eigenvalue weighted by atomic mass is 31.2. The van der Waals surface area contributed by atoms with Gasteiger partial charge in [-0.15, -0.1) is 0 Å². The Bertz CT molecular complexity index is 1430. The van der Waals surface area contributed by atoms with Gasteiger partial charge >= 0.3 is 13.8 Å². The molecule has 0 radical (unpaired) electrons. The first-order valence-electron chi connectivity index (χ1n) is 26.6. The number of hydrogen-bond acceptors (Lipinski definition) is 6. The number of carbonyl (C=O) groups excluding carboxylic acids is 1. The lowest BCUT2D eigenvalue weighted by Crippen LogP contribution is -2.37. The van der Waals surface area contributed by atoms with Crippen LogP contribution in [0.5, 0.6) is 0 Å². The topological polar surface area (TPSA) is 91.3 Å². The van der Waals surface area contributed by atoms with E-state index in [-0.39, 0.29) is 25.8 Å². The molecule has 0 bridgehead atoms. The number of esters is 1. The minimum Gasteiger partial charge on any atom is -0.457 e. The Labute approximate surface area is 412 Å². The normalized spacial score (nSPS) is 14.4. The first kappa shape index (κ1) is 64.2. The molecule has 1 N–H and O–H groups in total. The van der Waals surface area contributed by atoms with Crippen molar-refractivity contribution in [1.29, 1.82) is 0 Å². The van der Waals surface area contributed by atoms with Gasteiger partial charge in [0.25, 0.3) is 0 Å². The van der Waals surface area contributed by atoms with Crippen LogP contribution in [0.3, 0.4) is 0 Å². The summed E-state index contributed by atoms with van der Waals surface area (Å²) in [5.74, 6) is -0.337. The van der Waals surface area contributed by atoms with Crippen LogP contribution in [0.2, 0.25) is 0 Å². The van der Waals surface area contributed by atoms with Crippen molar-refractivity contribution in [3.63, 3.8) is 0 Å². The molecule has 0 aliphatic carbocycles. The third kappa shape index (κ3) is 54.0. The van der Waals surface area contributed by atoms with Gasteiger partial charge in [0.15, 0.2) is 0 Å². The highest BCUT2D eigenvalue weighted by Crippen LogP contribution is 2.43. The summed E-state index contributed by atoms with van der Waals surface area (Å²) < 4.78 is 35.1. The summed E-state index contributed by atoms with van der Waals surface area (Å²) in [5.41, 5.74) is 0. The number of rotatable bonds is 48. The predicted octanol–water partition coefficient (Wildman–Crippen LogP) is 16.7. The molecule has 0 aliphatic heterocycles. The number of likely N-dealkylation sites (N-methyl/N-ethyl adjacent to an activating group) is 1. The lowest BCUT2D eigenvalue weighted by atomic mass is 10.1. The Hall–Kier alpha value is -2.84. The highest BCUT2D eigenvalue weighted by molar-refractivity contribution is 7.47. The number of allylic oxidation sites excluding steroid dienone is 18. The molecule has 2 unspecified atom stereocenters. The zero-order valence-electron chi connectivity index (χ0n) is 43.6. The monoisotopic (exact) mass is 955 g/mol. The zero-order chi connectivity index (χ0) is 49.0. The summed E-state index contributed by atoms with van der Waals surface area (Å²) in [5, 5.41) is 0.